The van der Waals surface area contributed by atoms with Crippen molar-refractivity contribution < 1.29 is 22.2 Å². The van der Waals surface area contributed by atoms with E-state index in [1.54, 1.807) is 36.5 Å². The maximum absolute atomic E-state index is 13.0. The Morgan fingerprint density at radius 1 is 1.03 bits per heavy atom. The molecule has 1 atom stereocenters. The van der Waals surface area contributed by atoms with Gasteiger partial charge in [-0.15, -0.1) is 0 Å². The van der Waals surface area contributed by atoms with Crippen LogP contribution in [0.1, 0.15) is 5.56 Å². The molecule has 0 aliphatic heterocycles. The molecule has 0 aliphatic carbocycles. The van der Waals surface area contributed by atoms with Crippen molar-refractivity contribution in [3.63, 3.8) is 0 Å². The standard InChI is InChI=1S/C18H16F3N5O2S/c19-18(20,21)17(22,23)11-4-1-5-12(10-11)29(28)26-16(27)25-15-8-2-7-14-13(15)6-3-9-24-14/h1-10H,22-23H2,(H2,25,26,27). The molecule has 0 spiro atoms. The van der Waals surface area contributed by atoms with Crippen LogP contribution in [-0.4, -0.2) is 21.4 Å². The number of hydrogen-bond donors (Lipinski definition) is 4. The van der Waals surface area contributed by atoms with Crippen LogP contribution in [0.4, 0.5) is 23.7 Å². The lowest BCUT2D eigenvalue weighted by atomic mass is 10.0. The van der Waals surface area contributed by atoms with Gasteiger partial charge >= 0.3 is 12.2 Å². The summed E-state index contributed by atoms with van der Waals surface area (Å²) >= 11 is 0. The average molecular weight is 423 g/mol. The highest BCUT2D eigenvalue weighted by atomic mass is 32.2. The highest BCUT2D eigenvalue weighted by Gasteiger charge is 2.50. The summed E-state index contributed by atoms with van der Waals surface area (Å²) in [4.78, 5) is 16.3. The zero-order valence-corrected chi connectivity index (χ0v) is 15.6. The molecule has 0 saturated carbocycles. The third-order valence-corrected chi connectivity index (χ3v) is 5.13. The summed E-state index contributed by atoms with van der Waals surface area (Å²) in [6.07, 6.45) is -3.32. The molecular weight excluding hydrogens is 407 g/mol. The van der Waals surface area contributed by atoms with Crippen LogP contribution < -0.4 is 21.5 Å². The number of rotatable bonds is 4. The number of benzene rings is 2. The zero-order chi connectivity index (χ0) is 21.2. The Bertz CT molecular complexity index is 1080. The number of nitrogens with one attached hydrogen (secondary N) is 2. The normalized spacial score (nSPS) is 13.1. The topological polar surface area (TPSA) is 123 Å². The van der Waals surface area contributed by atoms with E-state index in [4.69, 9.17) is 11.5 Å². The summed E-state index contributed by atoms with van der Waals surface area (Å²) in [6.45, 7) is 0. The number of alkyl halides is 3. The fraction of sp³-hybridized carbons (Fsp3) is 0.111. The number of anilines is 1. The summed E-state index contributed by atoms with van der Waals surface area (Å²) in [5.41, 5.74) is 7.85. The second kappa shape index (κ2) is 7.78. The molecule has 3 rings (SSSR count). The van der Waals surface area contributed by atoms with Crippen LogP contribution in [0.5, 0.6) is 0 Å². The maximum Gasteiger partial charge on any atom is 0.423 e. The van der Waals surface area contributed by atoms with Gasteiger partial charge in [-0.25, -0.2) is 9.00 Å². The van der Waals surface area contributed by atoms with Gasteiger partial charge in [0.25, 0.3) is 0 Å². The molecule has 7 nitrogen and oxygen atoms in total. The molecule has 2 amide bonds. The van der Waals surface area contributed by atoms with Gasteiger partial charge in [-0.05, 0) is 42.0 Å². The molecule has 1 heterocycles. The largest absolute Gasteiger partial charge is 0.423 e. The van der Waals surface area contributed by atoms with Gasteiger partial charge in [-0.2, -0.15) is 13.2 Å². The zero-order valence-electron chi connectivity index (χ0n) is 14.7. The minimum absolute atomic E-state index is 0.0956. The first kappa shape index (κ1) is 20.7. The van der Waals surface area contributed by atoms with Gasteiger partial charge in [0.2, 0.25) is 0 Å². The molecule has 1 aromatic heterocycles. The summed E-state index contributed by atoms with van der Waals surface area (Å²) in [5.74, 6) is 0. The Hall–Kier alpha value is -3.02. The van der Waals surface area contributed by atoms with E-state index in [2.05, 4.69) is 15.0 Å². The number of pyridine rings is 1. The first-order valence-corrected chi connectivity index (χ1v) is 9.33. The molecule has 11 heteroatoms. The predicted octanol–water partition coefficient (Wildman–Crippen LogP) is 2.71. The number of carbonyl (C=O) groups is 1. The third-order valence-electron chi connectivity index (χ3n) is 4.07. The molecule has 29 heavy (non-hydrogen) atoms. The molecule has 152 valence electrons. The second-order valence-corrected chi connectivity index (χ2v) is 7.31. The second-order valence-electron chi connectivity index (χ2n) is 6.10. The SMILES string of the molecule is NC(N)(c1cccc(S(=O)NC(=O)Nc2cccc3ncccc23)c1)C(F)(F)F. The third kappa shape index (κ3) is 4.36. The van der Waals surface area contributed by atoms with Crippen LogP contribution >= 0.6 is 0 Å². The minimum Gasteiger partial charge on any atom is -0.307 e. The molecule has 0 bridgehead atoms. The van der Waals surface area contributed by atoms with Crippen molar-refractivity contribution in [1.82, 2.24) is 9.71 Å². The van der Waals surface area contributed by atoms with Crippen molar-refractivity contribution in [3.05, 3.63) is 66.4 Å². The highest BCUT2D eigenvalue weighted by molar-refractivity contribution is 7.83. The molecule has 1 unspecified atom stereocenters. The number of carbonyl (C=O) groups excluding carboxylic acids is 1. The molecule has 6 N–H and O–H groups in total. The fourth-order valence-corrected chi connectivity index (χ4v) is 3.31. The Labute approximate surface area is 165 Å². The lowest BCUT2D eigenvalue weighted by Crippen LogP contribution is -2.57. The molecule has 0 saturated heterocycles. The number of amides is 2. The molecule has 3 aromatic rings. The molecule has 2 aromatic carbocycles. The monoisotopic (exact) mass is 423 g/mol. The summed E-state index contributed by atoms with van der Waals surface area (Å²) in [6, 6.07) is 12.2. The number of aromatic nitrogens is 1. The Morgan fingerprint density at radius 2 is 1.76 bits per heavy atom. The van der Waals surface area contributed by atoms with E-state index in [1.807, 2.05) is 0 Å². The lowest BCUT2D eigenvalue weighted by Gasteiger charge is -2.27. The first-order valence-electron chi connectivity index (χ1n) is 8.18. The predicted molar refractivity (Wildman–Crippen MR) is 103 cm³/mol. The smallest absolute Gasteiger partial charge is 0.307 e. The van der Waals surface area contributed by atoms with Crippen LogP contribution in [0.2, 0.25) is 0 Å². The first-order chi connectivity index (χ1) is 13.6. The molecule has 0 radical (unpaired) electrons. The van der Waals surface area contributed by atoms with Gasteiger partial charge in [0, 0.05) is 11.6 Å². The number of urea groups is 1. The van der Waals surface area contributed by atoms with Gasteiger partial charge in [-0.3, -0.25) is 9.71 Å². The molecule has 0 aliphatic rings. The van der Waals surface area contributed by atoms with Gasteiger partial charge in [0.1, 0.15) is 0 Å². The van der Waals surface area contributed by atoms with E-state index in [0.29, 0.717) is 16.6 Å². The Morgan fingerprint density at radius 3 is 2.48 bits per heavy atom. The van der Waals surface area contributed by atoms with E-state index in [-0.39, 0.29) is 4.90 Å². The van der Waals surface area contributed by atoms with Crippen LogP contribution in [0.3, 0.4) is 0 Å². The van der Waals surface area contributed by atoms with E-state index < -0.39 is 34.4 Å². The molecule has 0 fully saturated rings. The van der Waals surface area contributed by atoms with Crippen molar-refractivity contribution in [2.75, 3.05) is 5.32 Å². The number of nitrogens with two attached hydrogens (primary N) is 2. The van der Waals surface area contributed by atoms with Gasteiger partial charge in [-0.1, -0.05) is 18.2 Å². The quantitative estimate of drug-likeness (QED) is 0.481. The highest BCUT2D eigenvalue weighted by Crippen LogP contribution is 2.33. The Balaban J connectivity index is 1.77. The van der Waals surface area contributed by atoms with Crippen LogP contribution in [0, 0.1) is 0 Å². The van der Waals surface area contributed by atoms with Crippen molar-refractivity contribution >= 4 is 33.6 Å². The molecular formula is C18H16F3N5O2S. The summed E-state index contributed by atoms with van der Waals surface area (Å²) in [7, 11) is -2.15. The van der Waals surface area contributed by atoms with Crippen molar-refractivity contribution in [1.29, 1.82) is 0 Å². The summed E-state index contributed by atoms with van der Waals surface area (Å²) < 4.78 is 53.6. The van der Waals surface area contributed by atoms with Crippen LogP contribution in [-0.2, 0) is 16.6 Å². The van der Waals surface area contributed by atoms with E-state index >= 15 is 0 Å². The van der Waals surface area contributed by atoms with Crippen molar-refractivity contribution in [2.45, 2.75) is 16.7 Å². The number of nitrogens with zero attached hydrogens (tertiary/aromatic N) is 1. The summed E-state index contributed by atoms with van der Waals surface area (Å²) in [5, 5.41) is 3.21. The van der Waals surface area contributed by atoms with Crippen LogP contribution in [0.25, 0.3) is 10.9 Å². The number of hydrogen-bond acceptors (Lipinski definition) is 5. The van der Waals surface area contributed by atoms with Gasteiger partial charge in [0.05, 0.1) is 16.1 Å². The van der Waals surface area contributed by atoms with Crippen molar-refractivity contribution in [3.8, 4) is 0 Å². The number of fused-ring (bicyclic) bond motifs is 1. The fourth-order valence-electron chi connectivity index (χ4n) is 2.54. The average Bonchev–Trinajstić information content (AvgIpc) is 2.67. The van der Waals surface area contributed by atoms with E-state index in [9.17, 15) is 22.2 Å². The maximum atomic E-state index is 13.0. The van der Waals surface area contributed by atoms with E-state index in [0.717, 1.165) is 12.1 Å². The Kier molecular flexibility index (Phi) is 5.55. The minimum atomic E-state index is -4.92. The lowest BCUT2D eigenvalue weighted by molar-refractivity contribution is -0.188. The number of halogens is 3. The van der Waals surface area contributed by atoms with Gasteiger partial charge in [0.15, 0.2) is 16.6 Å². The van der Waals surface area contributed by atoms with Crippen molar-refractivity contribution in [2.24, 2.45) is 11.5 Å². The van der Waals surface area contributed by atoms with E-state index in [1.165, 1.54) is 12.1 Å². The van der Waals surface area contributed by atoms with Gasteiger partial charge < -0.3 is 16.8 Å². The van der Waals surface area contributed by atoms with Crippen LogP contribution in [0.15, 0.2) is 65.7 Å².